The first kappa shape index (κ1) is 18.2. The summed E-state index contributed by atoms with van der Waals surface area (Å²) in [5.41, 5.74) is 6.01. The van der Waals surface area contributed by atoms with Gasteiger partial charge in [-0.15, -0.1) is 0 Å². The van der Waals surface area contributed by atoms with E-state index in [1.54, 1.807) is 18.0 Å². The van der Waals surface area contributed by atoms with Gasteiger partial charge in [0.25, 0.3) is 5.91 Å². The van der Waals surface area contributed by atoms with Gasteiger partial charge in [0, 0.05) is 49.9 Å². The van der Waals surface area contributed by atoms with Gasteiger partial charge >= 0.3 is 0 Å². The summed E-state index contributed by atoms with van der Waals surface area (Å²) < 4.78 is 6.95. The van der Waals surface area contributed by atoms with Crippen LogP contribution in [-0.4, -0.2) is 45.8 Å². The molecule has 0 atom stereocenters. The minimum absolute atomic E-state index is 0.0154. The van der Waals surface area contributed by atoms with Crippen molar-refractivity contribution in [2.75, 3.05) is 20.3 Å². The maximum absolute atomic E-state index is 13.3. The highest BCUT2D eigenvalue weighted by molar-refractivity contribution is 6.02. The van der Waals surface area contributed by atoms with Crippen molar-refractivity contribution in [3.05, 3.63) is 52.5 Å². The van der Waals surface area contributed by atoms with Gasteiger partial charge in [0.05, 0.1) is 12.8 Å². The third-order valence-electron chi connectivity index (χ3n) is 4.82. The third kappa shape index (κ3) is 3.37. The number of H-pyrrole nitrogens is 1. The first-order valence-corrected chi connectivity index (χ1v) is 8.76. The van der Waals surface area contributed by atoms with Crippen LogP contribution in [0.15, 0.2) is 24.5 Å². The van der Waals surface area contributed by atoms with Gasteiger partial charge in [-0.2, -0.15) is 5.10 Å². The monoisotopic (exact) mass is 354 g/mol. The predicted molar refractivity (Wildman–Crippen MR) is 102 cm³/mol. The fourth-order valence-corrected chi connectivity index (χ4v) is 3.40. The standard InChI is InChI=1S/C20H26N4O2/c1-13-6-7-14(2)18-17(13)15(3)19(22-18)20(25)24(8-9-26-5)12-16-10-21-23(4)11-16/h6-7,10-11,22H,8-9,12H2,1-5H3. The van der Waals surface area contributed by atoms with Crippen molar-refractivity contribution >= 4 is 16.8 Å². The van der Waals surface area contributed by atoms with Crippen LogP contribution in [0.2, 0.25) is 0 Å². The minimum atomic E-state index is -0.0154. The van der Waals surface area contributed by atoms with Crippen LogP contribution in [0, 0.1) is 20.8 Å². The molecular weight excluding hydrogens is 328 g/mol. The first-order chi connectivity index (χ1) is 12.4. The van der Waals surface area contributed by atoms with Crippen LogP contribution >= 0.6 is 0 Å². The van der Waals surface area contributed by atoms with E-state index in [4.69, 9.17) is 4.74 Å². The van der Waals surface area contributed by atoms with Gasteiger partial charge in [0.2, 0.25) is 0 Å². The first-order valence-electron chi connectivity index (χ1n) is 8.76. The highest BCUT2D eigenvalue weighted by atomic mass is 16.5. The summed E-state index contributed by atoms with van der Waals surface area (Å²) in [5, 5.41) is 5.34. The van der Waals surface area contributed by atoms with Crippen LogP contribution in [0.4, 0.5) is 0 Å². The summed E-state index contributed by atoms with van der Waals surface area (Å²) in [7, 11) is 3.52. The molecule has 0 fully saturated rings. The topological polar surface area (TPSA) is 63.1 Å². The molecule has 1 N–H and O–H groups in total. The molecule has 2 heterocycles. The van der Waals surface area contributed by atoms with Gasteiger partial charge < -0.3 is 14.6 Å². The van der Waals surface area contributed by atoms with Crippen molar-refractivity contribution in [1.82, 2.24) is 19.7 Å². The second-order valence-corrected chi connectivity index (χ2v) is 6.82. The zero-order valence-electron chi connectivity index (χ0n) is 16.1. The molecule has 0 aliphatic carbocycles. The molecule has 1 aromatic carbocycles. The van der Waals surface area contributed by atoms with Crippen molar-refractivity contribution in [3.8, 4) is 0 Å². The Morgan fingerprint density at radius 3 is 2.62 bits per heavy atom. The number of hydrogen-bond donors (Lipinski definition) is 1. The quantitative estimate of drug-likeness (QED) is 0.740. The molecule has 0 spiro atoms. The van der Waals surface area contributed by atoms with Gasteiger partial charge in [-0.1, -0.05) is 12.1 Å². The summed E-state index contributed by atoms with van der Waals surface area (Å²) >= 11 is 0. The van der Waals surface area contributed by atoms with Crippen LogP contribution in [0.1, 0.15) is 32.7 Å². The molecule has 6 heteroatoms. The van der Waals surface area contributed by atoms with Gasteiger partial charge in [-0.25, -0.2) is 0 Å². The molecule has 0 bridgehead atoms. The molecule has 3 aromatic rings. The number of rotatable bonds is 6. The highest BCUT2D eigenvalue weighted by Crippen LogP contribution is 2.28. The van der Waals surface area contributed by atoms with E-state index in [9.17, 15) is 4.79 Å². The Morgan fingerprint density at radius 2 is 2.00 bits per heavy atom. The van der Waals surface area contributed by atoms with Gasteiger partial charge in [-0.05, 0) is 37.5 Å². The number of ether oxygens (including phenoxy) is 1. The van der Waals surface area contributed by atoms with Crippen molar-refractivity contribution < 1.29 is 9.53 Å². The largest absolute Gasteiger partial charge is 0.383 e. The maximum Gasteiger partial charge on any atom is 0.270 e. The zero-order chi connectivity index (χ0) is 18.8. The Balaban J connectivity index is 1.98. The molecule has 0 aliphatic heterocycles. The molecule has 0 aliphatic rings. The molecule has 2 aromatic heterocycles. The van der Waals surface area contributed by atoms with Crippen molar-refractivity contribution in [1.29, 1.82) is 0 Å². The van der Waals surface area contributed by atoms with Crippen LogP contribution in [0.3, 0.4) is 0 Å². The number of aromatic nitrogens is 3. The minimum Gasteiger partial charge on any atom is -0.383 e. The average Bonchev–Trinajstić information content (AvgIpc) is 3.18. The number of hydrogen-bond acceptors (Lipinski definition) is 3. The van der Waals surface area contributed by atoms with E-state index < -0.39 is 0 Å². The number of carbonyl (C=O) groups excluding carboxylic acids is 1. The lowest BCUT2D eigenvalue weighted by Crippen LogP contribution is -2.34. The average molecular weight is 354 g/mol. The van der Waals surface area contributed by atoms with Crippen LogP contribution < -0.4 is 0 Å². The van der Waals surface area contributed by atoms with Crippen molar-refractivity contribution in [3.63, 3.8) is 0 Å². The summed E-state index contributed by atoms with van der Waals surface area (Å²) in [6.45, 7) is 7.67. The SMILES string of the molecule is COCCN(Cc1cnn(C)c1)C(=O)c1[nH]c2c(C)ccc(C)c2c1C. The van der Waals surface area contributed by atoms with E-state index in [1.165, 1.54) is 5.56 Å². The summed E-state index contributed by atoms with van der Waals surface area (Å²) in [6, 6.07) is 4.19. The van der Waals surface area contributed by atoms with E-state index in [2.05, 4.69) is 36.1 Å². The Morgan fingerprint density at radius 1 is 1.27 bits per heavy atom. The Bertz CT molecular complexity index is 939. The molecule has 1 amide bonds. The number of aromatic amines is 1. The fraction of sp³-hybridized carbons (Fsp3) is 0.400. The van der Waals surface area contributed by atoms with Crippen LogP contribution in [0.5, 0.6) is 0 Å². The van der Waals surface area contributed by atoms with Crippen molar-refractivity contribution in [2.24, 2.45) is 7.05 Å². The van der Waals surface area contributed by atoms with Gasteiger partial charge in [-0.3, -0.25) is 9.48 Å². The van der Waals surface area contributed by atoms with Gasteiger partial charge in [0.1, 0.15) is 5.69 Å². The predicted octanol–water partition coefficient (Wildman–Crippen LogP) is 3.12. The Labute approximate surface area is 153 Å². The van der Waals surface area contributed by atoms with Crippen LogP contribution in [-0.2, 0) is 18.3 Å². The molecule has 138 valence electrons. The molecule has 0 saturated carbocycles. The summed E-state index contributed by atoms with van der Waals surface area (Å²) in [4.78, 5) is 18.5. The highest BCUT2D eigenvalue weighted by Gasteiger charge is 2.22. The number of amides is 1. The number of methoxy groups -OCH3 is 1. The molecule has 0 saturated heterocycles. The van der Waals surface area contributed by atoms with E-state index in [0.29, 0.717) is 25.4 Å². The summed E-state index contributed by atoms with van der Waals surface area (Å²) in [5.74, 6) is -0.0154. The number of fused-ring (bicyclic) bond motifs is 1. The van der Waals surface area contributed by atoms with Crippen molar-refractivity contribution in [2.45, 2.75) is 27.3 Å². The Hall–Kier alpha value is -2.60. The lowest BCUT2D eigenvalue weighted by Gasteiger charge is -2.21. The second-order valence-electron chi connectivity index (χ2n) is 6.82. The maximum atomic E-state index is 13.3. The molecule has 0 unspecified atom stereocenters. The summed E-state index contributed by atoms with van der Waals surface area (Å²) in [6.07, 6.45) is 3.72. The Kier molecular flexibility index (Phi) is 5.13. The number of nitrogens with zero attached hydrogens (tertiary/aromatic N) is 3. The molecule has 26 heavy (non-hydrogen) atoms. The number of benzene rings is 1. The molecule has 3 rings (SSSR count). The number of aryl methyl sites for hydroxylation is 4. The zero-order valence-corrected chi connectivity index (χ0v) is 16.1. The van der Waals surface area contributed by atoms with E-state index in [1.807, 2.05) is 25.1 Å². The number of carbonyl (C=O) groups is 1. The second kappa shape index (κ2) is 7.33. The lowest BCUT2D eigenvalue weighted by molar-refractivity contribution is 0.0675. The molecule has 6 nitrogen and oxygen atoms in total. The van der Waals surface area contributed by atoms with E-state index in [0.717, 1.165) is 27.6 Å². The molecular formula is C20H26N4O2. The van der Waals surface area contributed by atoms with Crippen LogP contribution in [0.25, 0.3) is 10.9 Å². The lowest BCUT2D eigenvalue weighted by atomic mass is 10.0. The molecule has 0 radical (unpaired) electrons. The van der Waals surface area contributed by atoms with E-state index in [-0.39, 0.29) is 5.91 Å². The van der Waals surface area contributed by atoms with E-state index >= 15 is 0 Å². The number of nitrogens with one attached hydrogen (secondary N) is 1. The normalized spacial score (nSPS) is 11.3. The third-order valence-corrected chi connectivity index (χ3v) is 4.82. The smallest absolute Gasteiger partial charge is 0.270 e. The fourth-order valence-electron chi connectivity index (χ4n) is 3.40. The van der Waals surface area contributed by atoms with Gasteiger partial charge in [0.15, 0.2) is 0 Å².